The zero-order valence-electron chi connectivity index (χ0n) is 8.11. The van der Waals surface area contributed by atoms with E-state index < -0.39 is 0 Å². The fraction of sp³-hybridized carbons (Fsp3) is 0.400. The quantitative estimate of drug-likeness (QED) is 0.366. The second-order valence-electron chi connectivity index (χ2n) is 3.68. The third-order valence-electron chi connectivity index (χ3n) is 1.64. The first-order chi connectivity index (χ1) is 5.00. The van der Waals surface area contributed by atoms with Gasteiger partial charge in [-0.1, -0.05) is 26.2 Å². The van der Waals surface area contributed by atoms with Crippen LogP contribution in [0.15, 0.2) is 18.2 Å². The minimum absolute atomic E-state index is 0. The van der Waals surface area contributed by atoms with Crippen molar-refractivity contribution in [2.45, 2.75) is 26.2 Å². The Morgan fingerprint density at radius 3 is 2.17 bits per heavy atom. The molecule has 1 aromatic rings. The first-order valence-electron chi connectivity index (χ1n) is 3.68. The molecule has 0 atom stereocenters. The minimum atomic E-state index is -0.294. The van der Waals surface area contributed by atoms with Gasteiger partial charge in [0, 0.05) is 5.82 Å². The van der Waals surface area contributed by atoms with Crippen LogP contribution in [-0.4, -0.2) is 0 Å². The van der Waals surface area contributed by atoms with Gasteiger partial charge in [-0.25, -0.2) is 4.39 Å². The Labute approximate surface area is 85.4 Å². The van der Waals surface area contributed by atoms with E-state index in [1.165, 1.54) is 6.07 Å². The number of hydrogen-bond donors (Lipinski definition) is 0. The molecule has 0 aliphatic carbocycles. The van der Waals surface area contributed by atoms with Crippen molar-refractivity contribution in [1.29, 1.82) is 0 Å². The van der Waals surface area contributed by atoms with Gasteiger partial charge < -0.3 is 0 Å². The summed E-state index contributed by atoms with van der Waals surface area (Å²) >= 11 is 0. The van der Waals surface area contributed by atoms with Crippen LogP contribution in [0.25, 0.3) is 0 Å². The average molecular weight is 158 g/mol. The van der Waals surface area contributed by atoms with Crippen LogP contribution in [-0.2, 0) is 5.41 Å². The molecule has 0 saturated heterocycles. The molecule has 0 saturated carbocycles. The van der Waals surface area contributed by atoms with Gasteiger partial charge in [0.05, 0.1) is 0 Å². The number of hydrogen-bond acceptors (Lipinski definition) is 0. The SMILES string of the molecule is CC(C)(C)c1c[c-]c(F)cc1.[Li+]. The molecule has 2 heteroatoms. The summed E-state index contributed by atoms with van der Waals surface area (Å²) in [6.45, 7) is 6.27. The van der Waals surface area contributed by atoms with Crippen molar-refractivity contribution in [2.24, 2.45) is 0 Å². The van der Waals surface area contributed by atoms with Crippen molar-refractivity contribution >= 4 is 0 Å². The molecule has 0 bridgehead atoms. The predicted molar refractivity (Wildman–Crippen MR) is 43.9 cm³/mol. The minimum Gasteiger partial charge on any atom is -0.236 e. The molecule has 60 valence electrons. The first kappa shape index (κ1) is 11.7. The Bertz CT molecular complexity index is 233. The van der Waals surface area contributed by atoms with Gasteiger partial charge in [-0.2, -0.15) is 17.7 Å². The third kappa shape index (κ3) is 3.01. The van der Waals surface area contributed by atoms with Gasteiger partial charge in [0.1, 0.15) is 0 Å². The number of rotatable bonds is 0. The van der Waals surface area contributed by atoms with Crippen LogP contribution >= 0.6 is 0 Å². The van der Waals surface area contributed by atoms with Gasteiger partial charge >= 0.3 is 18.9 Å². The van der Waals surface area contributed by atoms with Crippen LogP contribution in [0.1, 0.15) is 26.3 Å². The smallest absolute Gasteiger partial charge is 0.236 e. The standard InChI is InChI=1S/C10H12F.Li/c1-10(2,3)8-4-6-9(11)7-5-8;/h4-6H,1-3H3;/q-1;+1. The van der Waals surface area contributed by atoms with Crippen molar-refractivity contribution in [3.63, 3.8) is 0 Å². The summed E-state index contributed by atoms with van der Waals surface area (Å²) in [6, 6.07) is 7.49. The summed E-state index contributed by atoms with van der Waals surface area (Å²) in [4.78, 5) is 0. The van der Waals surface area contributed by atoms with Gasteiger partial charge in [-0.3, -0.25) is 0 Å². The van der Waals surface area contributed by atoms with Gasteiger partial charge in [-0.15, -0.1) is 12.1 Å². The van der Waals surface area contributed by atoms with Crippen LogP contribution in [0.3, 0.4) is 0 Å². The molecule has 0 spiro atoms. The molecule has 0 aromatic heterocycles. The van der Waals surface area contributed by atoms with E-state index in [1.54, 1.807) is 12.1 Å². The second kappa shape index (κ2) is 4.12. The second-order valence-corrected chi connectivity index (χ2v) is 3.68. The Kier molecular flexibility index (Phi) is 4.03. The summed E-state index contributed by atoms with van der Waals surface area (Å²) < 4.78 is 12.4. The van der Waals surface area contributed by atoms with Gasteiger partial charge in [0.25, 0.3) is 0 Å². The van der Waals surface area contributed by atoms with E-state index in [4.69, 9.17) is 0 Å². The number of halogens is 1. The summed E-state index contributed by atoms with van der Waals surface area (Å²) in [7, 11) is 0. The van der Waals surface area contributed by atoms with Gasteiger partial charge in [0.15, 0.2) is 0 Å². The molecule has 12 heavy (non-hydrogen) atoms. The molecule has 0 amide bonds. The molecule has 0 N–H and O–H groups in total. The molecule has 0 fully saturated rings. The molecule has 0 unspecified atom stereocenters. The topological polar surface area (TPSA) is 0 Å². The van der Waals surface area contributed by atoms with E-state index in [1.807, 2.05) is 0 Å². The number of benzene rings is 1. The van der Waals surface area contributed by atoms with E-state index in [-0.39, 0.29) is 30.1 Å². The molecule has 1 rings (SSSR count). The van der Waals surface area contributed by atoms with Gasteiger partial charge in [-0.05, 0) is 0 Å². The van der Waals surface area contributed by atoms with E-state index in [0.717, 1.165) is 5.56 Å². The summed E-state index contributed by atoms with van der Waals surface area (Å²) in [5.41, 5.74) is 1.20. The molecule has 0 nitrogen and oxygen atoms in total. The van der Waals surface area contributed by atoms with Crippen LogP contribution in [0.2, 0.25) is 0 Å². The third-order valence-corrected chi connectivity index (χ3v) is 1.64. The van der Waals surface area contributed by atoms with E-state index in [9.17, 15) is 4.39 Å². The maximum Gasteiger partial charge on any atom is 1.00 e. The van der Waals surface area contributed by atoms with Crippen LogP contribution in [0.4, 0.5) is 4.39 Å². The molecular weight excluding hydrogens is 146 g/mol. The van der Waals surface area contributed by atoms with Crippen molar-refractivity contribution in [3.8, 4) is 0 Å². The van der Waals surface area contributed by atoms with Gasteiger partial charge in [0.2, 0.25) is 0 Å². The zero-order valence-corrected chi connectivity index (χ0v) is 8.11. The van der Waals surface area contributed by atoms with E-state index in [2.05, 4.69) is 26.8 Å². The first-order valence-corrected chi connectivity index (χ1v) is 3.68. The Balaban J connectivity index is 0.00000121. The molecule has 0 aliphatic heterocycles. The molecule has 0 radical (unpaired) electrons. The van der Waals surface area contributed by atoms with Crippen molar-refractivity contribution in [1.82, 2.24) is 0 Å². The maximum absolute atomic E-state index is 12.4. The van der Waals surface area contributed by atoms with Crippen LogP contribution < -0.4 is 18.9 Å². The van der Waals surface area contributed by atoms with Crippen molar-refractivity contribution in [2.75, 3.05) is 0 Å². The molecular formula is C10H12FLi. The summed E-state index contributed by atoms with van der Waals surface area (Å²) in [5, 5.41) is 0. The van der Waals surface area contributed by atoms with Crippen molar-refractivity contribution < 1.29 is 23.3 Å². The predicted octanol–water partition coefficient (Wildman–Crippen LogP) is -0.0726. The normalized spacial score (nSPS) is 10.7. The van der Waals surface area contributed by atoms with Crippen molar-refractivity contribution in [3.05, 3.63) is 35.6 Å². The average Bonchev–Trinajstić information content (AvgIpc) is 1.86. The molecule has 1 aromatic carbocycles. The van der Waals surface area contributed by atoms with E-state index in [0.29, 0.717) is 0 Å². The summed E-state index contributed by atoms with van der Waals surface area (Å²) in [5.74, 6) is -0.294. The van der Waals surface area contributed by atoms with E-state index >= 15 is 0 Å². The Morgan fingerprint density at radius 2 is 1.83 bits per heavy atom. The van der Waals surface area contributed by atoms with Crippen LogP contribution in [0, 0.1) is 11.9 Å². The fourth-order valence-corrected chi connectivity index (χ4v) is 0.872. The zero-order chi connectivity index (χ0) is 8.48. The Hall–Kier alpha value is -0.253. The maximum atomic E-state index is 12.4. The summed E-state index contributed by atoms with van der Waals surface area (Å²) in [6.07, 6.45) is 0. The van der Waals surface area contributed by atoms with Crippen LogP contribution in [0.5, 0.6) is 0 Å². The molecule has 0 heterocycles. The monoisotopic (exact) mass is 158 g/mol. The fourth-order valence-electron chi connectivity index (χ4n) is 0.872. The largest absolute Gasteiger partial charge is 1.00 e. The Morgan fingerprint density at radius 1 is 1.25 bits per heavy atom. The molecule has 0 aliphatic rings.